The summed E-state index contributed by atoms with van der Waals surface area (Å²) in [7, 11) is -3.90. The first-order valence-electron chi connectivity index (χ1n) is 4.25. The summed E-state index contributed by atoms with van der Waals surface area (Å²) >= 11 is 0. The molecular weight excluding hydrogens is 216 g/mol. The second kappa shape index (κ2) is 4.08. The molecule has 1 heterocycles. The number of hydrogen-bond donors (Lipinski definition) is 0. The van der Waals surface area contributed by atoms with Gasteiger partial charge in [0.25, 0.3) is 0 Å². The van der Waals surface area contributed by atoms with E-state index >= 15 is 0 Å². The topological polar surface area (TPSA) is 46.6 Å². The fourth-order valence-corrected chi connectivity index (χ4v) is 2.88. The SMILES string of the molecule is CC(C)N(C(F)F)S(=O)(=O)C1COC1. The third-order valence-corrected chi connectivity index (χ3v) is 4.31. The first-order chi connectivity index (χ1) is 6.37. The Kier molecular flexibility index (Phi) is 3.44. The summed E-state index contributed by atoms with van der Waals surface area (Å²) in [5.41, 5.74) is 0. The summed E-state index contributed by atoms with van der Waals surface area (Å²) in [5.74, 6) is 0. The van der Waals surface area contributed by atoms with Crippen molar-refractivity contribution in [2.24, 2.45) is 0 Å². The molecule has 0 radical (unpaired) electrons. The highest BCUT2D eigenvalue weighted by molar-refractivity contribution is 7.89. The number of hydrogen-bond acceptors (Lipinski definition) is 3. The molecule has 1 fully saturated rings. The number of alkyl halides is 2. The third-order valence-electron chi connectivity index (χ3n) is 2.02. The quantitative estimate of drug-likeness (QED) is 0.665. The van der Waals surface area contributed by atoms with Gasteiger partial charge in [-0.25, -0.2) is 8.42 Å². The Bertz CT molecular complexity index is 279. The monoisotopic (exact) mass is 229 g/mol. The van der Waals surface area contributed by atoms with Crippen molar-refractivity contribution in [3.05, 3.63) is 0 Å². The molecule has 0 aliphatic carbocycles. The summed E-state index contributed by atoms with van der Waals surface area (Å²) in [6.45, 7) is -0.121. The molecule has 0 bridgehead atoms. The van der Waals surface area contributed by atoms with Gasteiger partial charge in [-0.15, -0.1) is 4.31 Å². The Labute approximate surface area is 81.9 Å². The molecule has 1 saturated heterocycles. The van der Waals surface area contributed by atoms with Crippen LogP contribution in [0.3, 0.4) is 0 Å². The lowest BCUT2D eigenvalue weighted by Crippen LogP contribution is -2.52. The van der Waals surface area contributed by atoms with Gasteiger partial charge in [0.05, 0.1) is 13.2 Å². The van der Waals surface area contributed by atoms with E-state index in [1.54, 1.807) is 0 Å². The summed E-state index contributed by atoms with van der Waals surface area (Å²) in [6, 6.07) is -0.736. The molecule has 4 nitrogen and oxygen atoms in total. The van der Waals surface area contributed by atoms with E-state index in [2.05, 4.69) is 4.74 Å². The molecule has 14 heavy (non-hydrogen) atoms. The van der Waals surface area contributed by atoms with Gasteiger partial charge in [0.2, 0.25) is 10.0 Å². The minimum atomic E-state index is -3.90. The zero-order valence-electron chi connectivity index (χ0n) is 7.98. The highest BCUT2D eigenvalue weighted by Crippen LogP contribution is 2.22. The Morgan fingerprint density at radius 2 is 1.86 bits per heavy atom. The molecule has 1 rings (SSSR count). The van der Waals surface area contributed by atoms with Crippen LogP contribution in [0.15, 0.2) is 0 Å². The lowest BCUT2D eigenvalue weighted by atomic mass is 10.4. The average molecular weight is 229 g/mol. The van der Waals surface area contributed by atoms with Crippen molar-refractivity contribution < 1.29 is 21.9 Å². The Balaban J connectivity index is 2.86. The van der Waals surface area contributed by atoms with Crippen molar-refractivity contribution in [2.75, 3.05) is 13.2 Å². The van der Waals surface area contributed by atoms with Crippen molar-refractivity contribution in [1.82, 2.24) is 4.31 Å². The van der Waals surface area contributed by atoms with E-state index in [-0.39, 0.29) is 17.5 Å². The van der Waals surface area contributed by atoms with Crippen molar-refractivity contribution in [3.8, 4) is 0 Å². The molecule has 1 aliphatic heterocycles. The fourth-order valence-electron chi connectivity index (χ4n) is 1.19. The van der Waals surface area contributed by atoms with Crippen LogP contribution in [-0.4, -0.2) is 43.8 Å². The van der Waals surface area contributed by atoms with Gasteiger partial charge in [0.15, 0.2) is 0 Å². The zero-order chi connectivity index (χ0) is 10.9. The summed E-state index contributed by atoms with van der Waals surface area (Å²) in [5, 5.41) is -0.807. The van der Waals surface area contributed by atoms with Gasteiger partial charge in [-0.05, 0) is 13.8 Å². The van der Waals surface area contributed by atoms with Gasteiger partial charge in [-0.2, -0.15) is 8.78 Å². The van der Waals surface area contributed by atoms with E-state index in [0.29, 0.717) is 0 Å². The van der Waals surface area contributed by atoms with Crippen LogP contribution in [0.5, 0.6) is 0 Å². The maximum Gasteiger partial charge on any atom is 0.307 e. The molecule has 0 aromatic rings. The van der Waals surface area contributed by atoms with Crippen molar-refractivity contribution >= 4 is 10.0 Å². The maximum atomic E-state index is 12.5. The van der Waals surface area contributed by atoms with Crippen LogP contribution in [0.4, 0.5) is 8.78 Å². The Morgan fingerprint density at radius 1 is 1.36 bits per heavy atom. The summed E-state index contributed by atoms with van der Waals surface area (Å²) in [6.07, 6.45) is 0. The van der Waals surface area contributed by atoms with Crippen LogP contribution in [0.1, 0.15) is 13.8 Å². The van der Waals surface area contributed by atoms with E-state index in [4.69, 9.17) is 0 Å². The molecule has 0 saturated carbocycles. The molecule has 0 aromatic carbocycles. The molecule has 1 aliphatic rings. The molecule has 0 unspecified atom stereocenters. The molecule has 84 valence electrons. The van der Waals surface area contributed by atoms with Crippen molar-refractivity contribution in [2.45, 2.75) is 31.7 Å². The standard InChI is InChI=1S/C7H13F2NO3S/c1-5(2)10(7(8)9)14(11,12)6-3-13-4-6/h5-7H,3-4H2,1-2H3. The van der Waals surface area contributed by atoms with Gasteiger partial charge in [0.1, 0.15) is 5.25 Å². The van der Waals surface area contributed by atoms with Crippen LogP contribution in [0.2, 0.25) is 0 Å². The van der Waals surface area contributed by atoms with E-state index in [9.17, 15) is 17.2 Å². The van der Waals surface area contributed by atoms with Gasteiger partial charge < -0.3 is 4.74 Å². The molecule has 0 spiro atoms. The predicted molar refractivity (Wildman–Crippen MR) is 46.5 cm³/mol. The molecule has 0 N–H and O–H groups in total. The largest absolute Gasteiger partial charge is 0.378 e. The first kappa shape index (κ1) is 11.8. The van der Waals surface area contributed by atoms with E-state index in [1.165, 1.54) is 13.8 Å². The maximum absolute atomic E-state index is 12.5. The van der Waals surface area contributed by atoms with Crippen LogP contribution >= 0.6 is 0 Å². The van der Waals surface area contributed by atoms with Crippen LogP contribution in [0, 0.1) is 0 Å². The number of rotatable bonds is 4. The Hall–Kier alpha value is -0.270. The molecule has 0 atom stereocenters. The zero-order valence-corrected chi connectivity index (χ0v) is 8.80. The van der Waals surface area contributed by atoms with Crippen molar-refractivity contribution in [3.63, 3.8) is 0 Å². The highest BCUT2D eigenvalue weighted by atomic mass is 32.2. The van der Waals surface area contributed by atoms with E-state index in [0.717, 1.165) is 0 Å². The van der Waals surface area contributed by atoms with Crippen LogP contribution in [-0.2, 0) is 14.8 Å². The molecule has 0 amide bonds. The van der Waals surface area contributed by atoms with E-state index < -0.39 is 27.9 Å². The second-order valence-electron chi connectivity index (χ2n) is 3.41. The Morgan fingerprint density at radius 3 is 2.07 bits per heavy atom. The highest BCUT2D eigenvalue weighted by Gasteiger charge is 2.42. The average Bonchev–Trinajstić information content (AvgIpc) is 1.75. The fraction of sp³-hybridized carbons (Fsp3) is 1.00. The third kappa shape index (κ3) is 2.04. The van der Waals surface area contributed by atoms with Gasteiger partial charge in [-0.1, -0.05) is 0 Å². The summed E-state index contributed by atoms with van der Waals surface area (Å²) in [4.78, 5) is 0. The number of halogens is 2. The molecular formula is C7H13F2NO3S. The van der Waals surface area contributed by atoms with Crippen LogP contribution in [0.25, 0.3) is 0 Å². The lowest BCUT2D eigenvalue weighted by molar-refractivity contribution is 0.00231. The van der Waals surface area contributed by atoms with Gasteiger partial charge >= 0.3 is 6.55 Å². The molecule has 0 aromatic heterocycles. The lowest BCUT2D eigenvalue weighted by Gasteiger charge is -2.33. The number of sulfonamides is 1. The van der Waals surface area contributed by atoms with Crippen molar-refractivity contribution in [1.29, 1.82) is 0 Å². The second-order valence-corrected chi connectivity index (χ2v) is 5.52. The normalized spacial score (nSPS) is 19.4. The minimum Gasteiger partial charge on any atom is -0.378 e. The first-order valence-corrected chi connectivity index (χ1v) is 5.76. The van der Waals surface area contributed by atoms with Gasteiger partial charge in [0, 0.05) is 6.04 Å². The summed E-state index contributed by atoms with van der Waals surface area (Å²) < 4.78 is 53.0. The smallest absolute Gasteiger partial charge is 0.307 e. The van der Waals surface area contributed by atoms with Crippen LogP contribution < -0.4 is 0 Å². The van der Waals surface area contributed by atoms with Gasteiger partial charge in [-0.3, -0.25) is 0 Å². The number of nitrogens with zero attached hydrogens (tertiary/aromatic N) is 1. The number of ether oxygens (including phenoxy) is 1. The molecule has 7 heteroatoms. The van der Waals surface area contributed by atoms with E-state index in [1.807, 2.05) is 0 Å². The predicted octanol–water partition coefficient (Wildman–Crippen LogP) is 0.648. The minimum absolute atomic E-state index is 0.0122.